The summed E-state index contributed by atoms with van der Waals surface area (Å²) in [7, 11) is 1.44. The molecule has 4 rings (SSSR count). The molecule has 1 aliphatic carbocycles. The summed E-state index contributed by atoms with van der Waals surface area (Å²) in [6.07, 6.45) is -7.19. The van der Waals surface area contributed by atoms with Crippen LogP contribution < -0.4 is 0 Å². The average molecular weight is 620 g/mol. The number of amides is 1. The van der Waals surface area contributed by atoms with Gasteiger partial charge >= 0.3 is 18.0 Å². The van der Waals surface area contributed by atoms with E-state index in [1.165, 1.54) is 36.7 Å². The molecule has 3 aromatic rings. The van der Waals surface area contributed by atoms with Crippen molar-refractivity contribution in [2.45, 2.75) is 36.9 Å². The highest BCUT2D eigenvalue weighted by Crippen LogP contribution is 2.54. The molecule has 2 aromatic heterocycles. The van der Waals surface area contributed by atoms with Crippen LogP contribution >= 0.6 is 34.8 Å². The maximum absolute atomic E-state index is 14.5. The second kappa shape index (κ2) is 10.4. The fourth-order valence-electron chi connectivity index (χ4n) is 3.83. The maximum atomic E-state index is 14.5. The average Bonchev–Trinajstić information content (AvgIpc) is 3.56. The molecular weight excluding hydrogens is 604 g/mol. The number of aromatic nitrogens is 3. The van der Waals surface area contributed by atoms with Crippen LogP contribution in [0.3, 0.4) is 0 Å². The molecule has 0 N–H and O–H groups in total. The first-order chi connectivity index (χ1) is 18.1. The van der Waals surface area contributed by atoms with Gasteiger partial charge in [-0.05, 0) is 31.0 Å². The zero-order chi connectivity index (χ0) is 28.9. The molecule has 0 spiro atoms. The van der Waals surface area contributed by atoms with Gasteiger partial charge in [0.15, 0.2) is 0 Å². The lowest BCUT2D eigenvalue weighted by Crippen LogP contribution is -2.50. The molecule has 210 valence electrons. The van der Waals surface area contributed by atoms with Crippen LogP contribution in [0.5, 0.6) is 0 Å². The predicted octanol–water partition coefficient (Wildman–Crippen LogP) is 7.39. The van der Waals surface area contributed by atoms with E-state index < -0.39 is 39.5 Å². The van der Waals surface area contributed by atoms with Crippen molar-refractivity contribution in [2.75, 3.05) is 13.8 Å². The Balaban J connectivity index is 1.71. The minimum atomic E-state index is -6.34. The van der Waals surface area contributed by atoms with E-state index in [-0.39, 0.29) is 41.3 Å². The highest BCUT2D eigenvalue weighted by atomic mass is 35.5. The molecule has 0 atom stereocenters. The molecule has 1 amide bonds. The molecule has 0 saturated heterocycles. The Morgan fingerprint density at radius 1 is 1.00 bits per heavy atom. The summed E-state index contributed by atoms with van der Waals surface area (Å²) >= 11 is 18.1. The van der Waals surface area contributed by atoms with Gasteiger partial charge in [0.25, 0.3) is 5.91 Å². The number of nitrogens with zero attached hydrogens (tertiary/aromatic N) is 4. The number of benzene rings is 1. The number of carbonyl (C=O) groups is 1. The van der Waals surface area contributed by atoms with Crippen molar-refractivity contribution < 1.29 is 40.3 Å². The van der Waals surface area contributed by atoms with E-state index in [1.54, 1.807) is 0 Å². The maximum Gasteiger partial charge on any atom is 0.435 e. The van der Waals surface area contributed by atoms with Gasteiger partial charge in [0.05, 0.1) is 21.8 Å². The molecule has 0 radical (unpaired) electrons. The van der Waals surface area contributed by atoms with Crippen LogP contribution in [0.2, 0.25) is 15.2 Å². The molecule has 0 aliphatic heterocycles. The van der Waals surface area contributed by atoms with Crippen molar-refractivity contribution in [1.82, 2.24) is 19.7 Å². The molecule has 0 unspecified atom stereocenters. The van der Waals surface area contributed by atoms with Gasteiger partial charge in [-0.3, -0.25) is 4.79 Å². The Bertz CT molecular complexity index is 1370. The number of alkyl halides is 7. The monoisotopic (exact) mass is 618 g/mol. The van der Waals surface area contributed by atoms with Gasteiger partial charge in [-0.25, -0.2) is 14.1 Å². The van der Waals surface area contributed by atoms with Gasteiger partial charge in [0, 0.05) is 42.2 Å². The van der Waals surface area contributed by atoms with Gasteiger partial charge < -0.3 is 9.64 Å². The summed E-state index contributed by atoms with van der Waals surface area (Å²) in [6.45, 7) is 0.0395. The zero-order valence-corrected chi connectivity index (χ0v) is 21.8. The Labute approximate surface area is 231 Å². The second-order valence-electron chi connectivity index (χ2n) is 8.60. The van der Waals surface area contributed by atoms with Crippen LogP contribution in [0, 0.1) is 0 Å². The minimum Gasteiger partial charge on any atom is -0.364 e. The fraction of sp³-hybridized carbons (Fsp3) is 0.348. The van der Waals surface area contributed by atoms with Crippen molar-refractivity contribution in [2.24, 2.45) is 0 Å². The Morgan fingerprint density at radius 3 is 2.10 bits per heavy atom. The Hall–Kier alpha value is -2.61. The molecule has 39 heavy (non-hydrogen) atoms. The van der Waals surface area contributed by atoms with E-state index in [4.69, 9.17) is 39.5 Å². The van der Waals surface area contributed by atoms with Crippen LogP contribution in [0.1, 0.15) is 28.8 Å². The van der Waals surface area contributed by atoms with E-state index in [0.29, 0.717) is 11.1 Å². The molecule has 0 bridgehead atoms. The number of carbonyl (C=O) groups excluding carboxylic acids is 1. The summed E-state index contributed by atoms with van der Waals surface area (Å²) < 4.78 is 99.6. The van der Waals surface area contributed by atoms with Gasteiger partial charge in [0.2, 0.25) is 0 Å². The normalized spacial score (nSPS) is 14.5. The fourth-order valence-corrected chi connectivity index (χ4v) is 4.68. The van der Waals surface area contributed by atoms with E-state index in [0.717, 1.165) is 17.5 Å². The number of pyridine rings is 1. The van der Waals surface area contributed by atoms with Crippen molar-refractivity contribution in [3.63, 3.8) is 0 Å². The third kappa shape index (κ3) is 5.41. The molecule has 16 heteroatoms. The van der Waals surface area contributed by atoms with E-state index in [2.05, 4.69) is 10.1 Å². The molecule has 1 aliphatic rings. The Morgan fingerprint density at radius 2 is 1.59 bits per heavy atom. The number of halogens is 10. The van der Waals surface area contributed by atoms with Crippen molar-refractivity contribution in [3.8, 4) is 16.8 Å². The van der Waals surface area contributed by atoms with E-state index >= 15 is 0 Å². The summed E-state index contributed by atoms with van der Waals surface area (Å²) in [5, 5.41) is 2.48. The smallest absolute Gasteiger partial charge is 0.364 e. The summed E-state index contributed by atoms with van der Waals surface area (Å²) in [5.74, 6) is -0.420. The summed E-state index contributed by atoms with van der Waals surface area (Å²) in [5.41, 5.74) is -7.11. The quantitative estimate of drug-likeness (QED) is 0.157. The first-order valence-electron chi connectivity index (χ1n) is 10.9. The summed E-state index contributed by atoms with van der Waals surface area (Å²) in [6, 6.07) is 1.83. The number of hydrogen-bond donors (Lipinski definition) is 0. The van der Waals surface area contributed by atoms with Crippen LogP contribution in [-0.2, 0) is 10.4 Å². The number of rotatable bonds is 7. The SMILES string of the molecule is COCN(C(=O)c1cc(-c2cnn(-c3c(Cl)cc(C(F)(C(F)(F)F)C(F)(F)F)cc3Cl)c2)cnc1Cl)C1CC1. The van der Waals surface area contributed by atoms with E-state index in [9.17, 15) is 35.5 Å². The van der Waals surface area contributed by atoms with Crippen molar-refractivity contribution in [3.05, 3.63) is 63.1 Å². The molecule has 1 aromatic carbocycles. The van der Waals surface area contributed by atoms with Crippen LogP contribution in [0.25, 0.3) is 16.8 Å². The van der Waals surface area contributed by atoms with E-state index in [1.807, 2.05) is 0 Å². The first-order valence-corrected chi connectivity index (χ1v) is 12.1. The topological polar surface area (TPSA) is 60.2 Å². The van der Waals surface area contributed by atoms with Gasteiger partial charge in [0.1, 0.15) is 17.6 Å². The largest absolute Gasteiger partial charge is 0.435 e. The highest BCUT2D eigenvalue weighted by Gasteiger charge is 2.73. The van der Waals surface area contributed by atoms with Crippen LogP contribution in [-0.4, -0.2) is 57.8 Å². The van der Waals surface area contributed by atoms with Gasteiger partial charge in [-0.1, -0.05) is 34.8 Å². The number of methoxy groups -OCH3 is 1. The van der Waals surface area contributed by atoms with Crippen LogP contribution in [0.15, 0.2) is 36.8 Å². The van der Waals surface area contributed by atoms with Crippen molar-refractivity contribution >= 4 is 40.7 Å². The zero-order valence-electron chi connectivity index (χ0n) is 19.5. The second-order valence-corrected chi connectivity index (χ2v) is 9.77. The molecule has 2 heterocycles. The third-order valence-corrected chi connectivity index (χ3v) is 6.80. The van der Waals surface area contributed by atoms with Crippen LogP contribution in [0.4, 0.5) is 30.7 Å². The van der Waals surface area contributed by atoms with Crippen molar-refractivity contribution in [1.29, 1.82) is 0 Å². The Kier molecular flexibility index (Phi) is 7.85. The molecule has 1 fully saturated rings. The lowest BCUT2D eigenvalue weighted by molar-refractivity contribution is -0.348. The number of ether oxygens (including phenoxy) is 1. The standard InChI is InChI=1S/C23H16Cl3F7N4O2/c1-39-10-36(14-2-3-14)20(38)15-4-11(7-34-19(15)26)12-8-35-37(9-12)18-16(24)5-13(6-17(18)25)21(27,22(28,29)30)23(31,32)33/h4-9,14H,2-3,10H2,1H3. The lowest BCUT2D eigenvalue weighted by Gasteiger charge is -2.30. The minimum absolute atomic E-state index is 0.00456. The lowest BCUT2D eigenvalue weighted by atomic mass is 9.94. The predicted molar refractivity (Wildman–Crippen MR) is 128 cm³/mol. The van der Waals surface area contributed by atoms with Gasteiger partial charge in [-0.15, -0.1) is 0 Å². The molecule has 1 saturated carbocycles. The number of hydrogen-bond acceptors (Lipinski definition) is 4. The van der Waals surface area contributed by atoms with Gasteiger partial charge in [-0.2, -0.15) is 31.4 Å². The first kappa shape index (κ1) is 29.4. The molecule has 6 nitrogen and oxygen atoms in total. The highest BCUT2D eigenvalue weighted by molar-refractivity contribution is 6.38. The molecular formula is C23H16Cl3F7N4O2. The third-order valence-electron chi connectivity index (χ3n) is 5.93. The summed E-state index contributed by atoms with van der Waals surface area (Å²) in [4.78, 5) is 18.6.